The fourth-order valence-electron chi connectivity index (χ4n) is 1.42. The molecule has 0 radical (unpaired) electrons. The van der Waals surface area contributed by atoms with E-state index in [9.17, 15) is 13.2 Å². The van der Waals surface area contributed by atoms with Crippen LogP contribution in [0.4, 0.5) is 18.9 Å². The second kappa shape index (κ2) is 5.58. The number of anilines is 1. The molecule has 0 saturated carbocycles. The van der Waals surface area contributed by atoms with E-state index in [1.807, 2.05) is 6.26 Å². The summed E-state index contributed by atoms with van der Waals surface area (Å²) < 4.78 is 42.9. The van der Waals surface area contributed by atoms with Crippen LogP contribution in [0.15, 0.2) is 35.6 Å². The molecule has 1 aromatic carbocycles. The summed E-state index contributed by atoms with van der Waals surface area (Å²) in [5.74, 6) is 0.333. The highest BCUT2D eigenvalue weighted by Crippen LogP contribution is 2.35. The van der Waals surface area contributed by atoms with Gasteiger partial charge >= 0.3 is 6.18 Å². The summed E-state index contributed by atoms with van der Waals surface area (Å²) in [6, 6.07) is 4.47. The van der Waals surface area contributed by atoms with Gasteiger partial charge in [-0.25, -0.2) is 9.97 Å². The van der Waals surface area contributed by atoms with Crippen LogP contribution < -0.4 is 10.5 Å². The molecule has 0 fully saturated rings. The molecule has 1 aromatic heterocycles. The van der Waals surface area contributed by atoms with Gasteiger partial charge in [-0.15, -0.1) is 11.8 Å². The number of hydrogen-bond acceptors (Lipinski definition) is 5. The van der Waals surface area contributed by atoms with Crippen LogP contribution in [0.1, 0.15) is 5.56 Å². The first-order chi connectivity index (χ1) is 9.40. The third kappa shape index (κ3) is 3.32. The Hall–Kier alpha value is -1.96. The molecule has 106 valence electrons. The van der Waals surface area contributed by atoms with Crippen molar-refractivity contribution in [1.29, 1.82) is 0 Å². The highest BCUT2D eigenvalue weighted by Gasteiger charge is 2.31. The number of alkyl halides is 3. The average Bonchev–Trinajstić information content (AvgIpc) is 2.40. The minimum absolute atomic E-state index is 0.107. The van der Waals surface area contributed by atoms with Crippen molar-refractivity contribution in [2.45, 2.75) is 11.2 Å². The third-order valence-corrected chi connectivity index (χ3v) is 3.02. The molecule has 1 heterocycles. The van der Waals surface area contributed by atoms with E-state index in [1.165, 1.54) is 24.2 Å². The Labute approximate surface area is 117 Å². The number of rotatable bonds is 3. The highest BCUT2D eigenvalue weighted by atomic mass is 32.2. The number of nitrogens with two attached hydrogens (primary N) is 1. The third-order valence-electron chi connectivity index (χ3n) is 2.38. The lowest BCUT2D eigenvalue weighted by atomic mass is 10.2. The largest absolute Gasteiger partial charge is 0.437 e. The van der Waals surface area contributed by atoms with Gasteiger partial charge in [0.05, 0.1) is 11.3 Å². The Balaban J connectivity index is 2.25. The van der Waals surface area contributed by atoms with Crippen LogP contribution in [-0.2, 0) is 6.18 Å². The van der Waals surface area contributed by atoms with E-state index in [1.54, 1.807) is 6.07 Å². The fraction of sp³-hybridized carbons (Fsp3) is 0.167. The minimum atomic E-state index is -4.44. The number of hydrogen-bond donors (Lipinski definition) is 1. The zero-order valence-electron chi connectivity index (χ0n) is 10.3. The van der Waals surface area contributed by atoms with Crippen molar-refractivity contribution < 1.29 is 17.9 Å². The maximum atomic E-state index is 12.5. The van der Waals surface area contributed by atoms with E-state index in [0.29, 0.717) is 5.03 Å². The zero-order chi connectivity index (χ0) is 14.8. The molecule has 0 saturated heterocycles. The molecule has 2 aromatic rings. The topological polar surface area (TPSA) is 61.0 Å². The fourth-order valence-corrected chi connectivity index (χ4v) is 1.79. The maximum absolute atomic E-state index is 12.5. The van der Waals surface area contributed by atoms with Crippen molar-refractivity contribution in [2.24, 2.45) is 0 Å². The van der Waals surface area contributed by atoms with Crippen LogP contribution in [-0.4, -0.2) is 16.2 Å². The number of aromatic nitrogens is 2. The quantitative estimate of drug-likeness (QED) is 0.533. The molecule has 0 amide bonds. The summed E-state index contributed by atoms with van der Waals surface area (Å²) in [6.07, 6.45) is -1.30. The molecule has 2 rings (SSSR count). The van der Waals surface area contributed by atoms with Crippen molar-refractivity contribution in [3.05, 3.63) is 36.2 Å². The van der Waals surface area contributed by atoms with Gasteiger partial charge in [-0.2, -0.15) is 13.2 Å². The predicted molar refractivity (Wildman–Crippen MR) is 69.7 cm³/mol. The molecule has 20 heavy (non-hydrogen) atoms. The monoisotopic (exact) mass is 301 g/mol. The Morgan fingerprint density at radius 2 is 1.95 bits per heavy atom. The van der Waals surface area contributed by atoms with Crippen LogP contribution >= 0.6 is 11.8 Å². The van der Waals surface area contributed by atoms with E-state index >= 15 is 0 Å². The van der Waals surface area contributed by atoms with E-state index in [-0.39, 0.29) is 17.3 Å². The number of thioether (sulfide) groups is 1. The summed E-state index contributed by atoms with van der Waals surface area (Å²) in [6.45, 7) is 0. The highest BCUT2D eigenvalue weighted by molar-refractivity contribution is 7.98. The van der Waals surface area contributed by atoms with Crippen molar-refractivity contribution in [1.82, 2.24) is 9.97 Å². The van der Waals surface area contributed by atoms with E-state index < -0.39 is 11.7 Å². The second-order valence-electron chi connectivity index (χ2n) is 3.75. The SMILES string of the molecule is CSc1cc(Oc2ccc(C(F)(F)F)cc2N)ncn1. The van der Waals surface area contributed by atoms with Crippen molar-refractivity contribution in [3.63, 3.8) is 0 Å². The molecule has 0 spiro atoms. The zero-order valence-corrected chi connectivity index (χ0v) is 11.1. The number of ether oxygens (including phenoxy) is 1. The van der Waals surface area contributed by atoms with Crippen LogP contribution in [0.25, 0.3) is 0 Å². The molecule has 0 aliphatic heterocycles. The molecule has 0 unspecified atom stereocenters. The minimum Gasteiger partial charge on any atom is -0.437 e. The number of benzene rings is 1. The van der Waals surface area contributed by atoms with Gasteiger partial charge in [-0.3, -0.25) is 0 Å². The predicted octanol–water partition coefficient (Wildman–Crippen LogP) is 3.59. The first kappa shape index (κ1) is 14.4. The van der Waals surface area contributed by atoms with Gasteiger partial charge in [0.1, 0.15) is 11.4 Å². The standard InChI is InChI=1S/C12H10F3N3OS/c1-20-11-5-10(17-6-18-11)19-9-3-2-7(4-8(9)16)12(13,14)15/h2-6H,16H2,1H3. The first-order valence-electron chi connectivity index (χ1n) is 5.41. The van der Waals surface area contributed by atoms with E-state index in [0.717, 1.165) is 12.1 Å². The summed E-state index contributed by atoms with van der Waals surface area (Å²) in [5.41, 5.74) is 4.63. The Morgan fingerprint density at radius 3 is 2.55 bits per heavy atom. The molecule has 2 N–H and O–H groups in total. The average molecular weight is 301 g/mol. The molecule has 0 bridgehead atoms. The number of nitrogen functional groups attached to an aromatic ring is 1. The Kier molecular flexibility index (Phi) is 4.03. The lowest BCUT2D eigenvalue weighted by Gasteiger charge is -2.11. The van der Waals surface area contributed by atoms with Crippen LogP contribution in [0.3, 0.4) is 0 Å². The number of halogens is 3. The van der Waals surface area contributed by atoms with Gasteiger partial charge in [0.15, 0.2) is 5.75 Å². The smallest absolute Gasteiger partial charge is 0.416 e. The molecular formula is C12H10F3N3OS. The Morgan fingerprint density at radius 1 is 1.20 bits per heavy atom. The summed E-state index contributed by atoms with van der Waals surface area (Å²) in [7, 11) is 0. The van der Waals surface area contributed by atoms with E-state index in [4.69, 9.17) is 10.5 Å². The van der Waals surface area contributed by atoms with Gasteiger partial charge in [0.25, 0.3) is 0 Å². The normalized spacial score (nSPS) is 11.4. The Bertz CT molecular complexity index is 619. The van der Waals surface area contributed by atoms with Crippen molar-refractivity contribution >= 4 is 17.4 Å². The summed E-state index contributed by atoms with van der Waals surface area (Å²) >= 11 is 1.39. The second-order valence-corrected chi connectivity index (χ2v) is 4.58. The molecule has 0 atom stereocenters. The van der Waals surface area contributed by atoms with Gasteiger partial charge < -0.3 is 10.5 Å². The number of nitrogens with zero attached hydrogens (tertiary/aromatic N) is 2. The van der Waals surface area contributed by atoms with Gasteiger partial charge in [0, 0.05) is 6.07 Å². The molecule has 0 aliphatic carbocycles. The van der Waals surface area contributed by atoms with Crippen molar-refractivity contribution in [3.8, 4) is 11.6 Å². The van der Waals surface area contributed by atoms with Gasteiger partial charge in [0.2, 0.25) is 5.88 Å². The maximum Gasteiger partial charge on any atom is 0.416 e. The lowest BCUT2D eigenvalue weighted by molar-refractivity contribution is -0.137. The summed E-state index contributed by atoms with van der Waals surface area (Å²) in [4.78, 5) is 7.83. The van der Waals surface area contributed by atoms with Crippen molar-refractivity contribution in [2.75, 3.05) is 12.0 Å². The molecular weight excluding hydrogens is 291 g/mol. The van der Waals surface area contributed by atoms with Crippen LogP contribution in [0.5, 0.6) is 11.6 Å². The molecule has 8 heteroatoms. The van der Waals surface area contributed by atoms with Gasteiger partial charge in [-0.1, -0.05) is 0 Å². The van der Waals surface area contributed by atoms with Crippen LogP contribution in [0.2, 0.25) is 0 Å². The summed E-state index contributed by atoms with van der Waals surface area (Å²) in [5, 5.41) is 0.681. The lowest BCUT2D eigenvalue weighted by Crippen LogP contribution is -2.06. The molecule has 4 nitrogen and oxygen atoms in total. The molecule has 0 aliphatic rings. The van der Waals surface area contributed by atoms with Crippen LogP contribution in [0, 0.1) is 0 Å². The first-order valence-corrected chi connectivity index (χ1v) is 6.63. The van der Waals surface area contributed by atoms with E-state index in [2.05, 4.69) is 9.97 Å². The van der Waals surface area contributed by atoms with Gasteiger partial charge in [-0.05, 0) is 24.5 Å².